The second-order valence-corrected chi connectivity index (χ2v) is 10.0. The van der Waals surface area contributed by atoms with Crippen molar-refractivity contribution in [2.75, 3.05) is 7.11 Å². The van der Waals surface area contributed by atoms with Crippen molar-refractivity contribution in [3.63, 3.8) is 0 Å². The van der Waals surface area contributed by atoms with E-state index in [2.05, 4.69) is 13.5 Å². The molecular formula is C31H46O6. The van der Waals surface area contributed by atoms with Crippen molar-refractivity contribution in [1.82, 2.24) is 0 Å². The molecule has 0 amide bonds. The van der Waals surface area contributed by atoms with Crippen molar-refractivity contribution >= 4 is 16.9 Å². The highest BCUT2D eigenvalue weighted by molar-refractivity contribution is 5.82. The van der Waals surface area contributed by atoms with Gasteiger partial charge in [0.05, 0.1) is 12.7 Å². The largest absolute Gasteiger partial charge is 0.496 e. The third-order valence-electron chi connectivity index (χ3n) is 6.82. The SMILES string of the molecule is C=C(C)C(OC(=O)CCCCCCCCCCCCCCC)C(O)c1c(OC)ccc2ccc(=O)oc12. The number of carbonyl (C=O) groups is 1. The standard InChI is InChI=1S/C31H46O6/c1-5-6-7-8-9-10-11-12-13-14-15-16-17-18-26(32)36-30(23(2)3)29(34)28-25(35-4)21-19-24-20-22-27(33)37-31(24)28/h19-22,29-30,34H,2,5-18H2,1,3-4H3. The van der Waals surface area contributed by atoms with Crippen LogP contribution in [0.25, 0.3) is 11.0 Å². The summed E-state index contributed by atoms with van der Waals surface area (Å²) in [6.45, 7) is 7.85. The van der Waals surface area contributed by atoms with Gasteiger partial charge in [-0.25, -0.2) is 4.79 Å². The van der Waals surface area contributed by atoms with E-state index in [-0.39, 0.29) is 23.5 Å². The number of rotatable bonds is 19. The average Bonchev–Trinajstić information content (AvgIpc) is 2.88. The van der Waals surface area contributed by atoms with E-state index in [0.29, 0.717) is 16.7 Å². The van der Waals surface area contributed by atoms with Crippen LogP contribution in [0, 0.1) is 0 Å². The molecule has 2 atom stereocenters. The van der Waals surface area contributed by atoms with Crippen LogP contribution in [0.3, 0.4) is 0 Å². The summed E-state index contributed by atoms with van der Waals surface area (Å²) in [5.41, 5.74) is 0.418. The van der Waals surface area contributed by atoms with Gasteiger partial charge in [-0.3, -0.25) is 4.79 Å². The first-order valence-corrected chi connectivity index (χ1v) is 14.0. The fourth-order valence-corrected chi connectivity index (χ4v) is 4.67. The number of aliphatic hydroxyl groups excluding tert-OH is 1. The fourth-order valence-electron chi connectivity index (χ4n) is 4.67. The molecule has 0 radical (unpaired) electrons. The molecule has 0 bridgehead atoms. The molecule has 1 aromatic carbocycles. The van der Waals surface area contributed by atoms with Crippen LogP contribution in [0.15, 0.2) is 45.6 Å². The summed E-state index contributed by atoms with van der Waals surface area (Å²) in [5, 5.41) is 11.8. The quantitative estimate of drug-likeness (QED) is 0.0890. The van der Waals surface area contributed by atoms with Gasteiger partial charge in [0, 0.05) is 17.9 Å². The summed E-state index contributed by atoms with van der Waals surface area (Å²) in [6, 6.07) is 6.36. The summed E-state index contributed by atoms with van der Waals surface area (Å²) in [5.74, 6) is -0.0380. The number of ether oxygens (including phenoxy) is 2. The third-order valence-corrected chi connectivity index (χ3v) is 6.82. The molecule has 0 saturated heterocycles. The minimum absolute atomic E-state index is 0.207. The van der Waals surface area contributed by atoms with E-state index in [9.17, 15) is 14.7 Å². The first kappa shape index (κ1) is 30.6. The van der Waals surface area contributed by atoms with Crippen LogP contribution >= 0.6 is 0 Å². The Balaban J connectivity index is 1.78. The highest BCUT2D eigenvalue weighted by Gasteiger charge is 2.30. The maximum absolute atomic E-state index is 12.6. The van der Waals surface area contributed by atoms with Gasteiger partial charge in [0.15, 0.2) is 6.10 Å². The summed E-state index contributed by atoms with van der Waals surface area (Å²) in [4.78, 5) is 24.4. The van der Waals surface area contributed by atoms with E-state index in [1.165, 1.54) is 77.4 Å². The van der Waals surface area contributed by atoms with Crippen LogP contribution < -0.4 is 10.4 Å². The second kappa shape index (κ2) is 17.0. The average molecular weight is 515 g/mol. The fraction of sp³-hybridized carbons (Fsp3) is 0.613. The molecule has 0 aliphatic heterocycles. The van der Waals surface area contributed by atoms with Gasteiger partial charge in [-0.1, -0.05) is 90.6 Å². The Morgan fingerprint density at radius 1 is 0.919 bits per heavy atom. The van der Waals surface area contributed by atoms with Crippen molar-refractivity contribution in [3.8, 4) is 5.75 Å². The lowest BCUT2D eigenvalue weighted by Gasteiger charge is -2.25. The molecule has 2 aromatic rings. The molecule has 1 heterocycles. The molecule has 0 spiro atoms. The lowest BCUT2D eigenvalue weighted by Crippen LogP contribution is -2.27. The number of carbonyl (C=O) groups excluding carboxylic acids is 1. The Kier molecular flexibility index (Phi) is 14.1. The predicted molar refractivity (Wildman–Crippen MR) is 149 cm³/mol. The van der Waals surface area contributed by atoms with Gasteiger partial charge in [0.1, 0.15) is 17.4 Å². The molecule has 1 aromatic heterocycles. The van der Waals surface area contributed by atoms with Crippen LogP contribution in [0.2, 0.25) is 0 Å². The molecule has 6 heteroatoms. The maximum Gasteiger partial charge on any atom is 0.336 e. The van der Waals surface area contributed by atoms with E-state index in [1.54, 1.807) is 25.1 Å². The van der Waals surface area contributed by atoms with Crippen LogP contribution in [0.1, 0.15) is 115 Å². The van der Waals surface area contributed by atoms with E-state index in [4.69, 9.17) is 13.9 Å². The molecule has 2 unspecified atom stereocenters. The summed E-state index contributed by atoms with van der Waals surface area (Å²) in [6.07, 6.45) is 14.1. The number of aliphatic hydroxyl groups is 1. The molecule has 37 heavy (non-hydrogen) atoms. The van der Waals surface area contributed by atoms with E-state index in [0.717, 1.165) is 19.3 Å². The smallest absolute Gasteiger partial charge is 0.336 e. The molecule has 1 N–H and O–H groups in total. The monoisotopic (exact) mass is 514 g/mol. The van der Waals surface area contributed by atoms with Gasteiger partial charge in [-0.2, -0.15) is 0 Å². The van der Waals surface area contributed by atoms with Gasteiger partial charge in [0.25, 0.3) is 0 Å². The van der Waals surface area contributed by atoms with E-state index < -0.39 is 17.8 Å². The Hall–Kier alpha value is -2.60. The van der Waals surface area contributed by atoms with Crippen LogP contribution in [-0.2, 0) is 9.53 Å². The van der Waals surface area contributed by atoms with Crippen LogP contribution in [0.5, 0.6) is 5.75 Å². The summed E-state index contributed by atoms with van der Waals surface area (Å²) >= 11 is 0. The van der Waals surface area contributed by atoms with Gasteiger partial charge in [-0.15, -0.1) is 0 Å². The number of esters is 1. The van der Waals surface area contributed by atoms with Crippen molar-refractivity contribution < 1.29 is 23.8 Å². The highest BCUT2D eigenvalue weighted by Crippen LogP contribution is 2.36. The molecule has 0 fully saturated rings. The van der Waals surface area contributed by atoms with Crippen LogP contribution in [0.4, 0.5) is 0 Å². The lowest BCUT2D eigenvalue weighted by molar-refractivity contribution is -0.152. The lowest BCUT2D eigenvalue weighted by atomic mass is 9.97. The Morgan fingerprint density at radius 3 is 2.00 bits per heavy atom. The number of hydrogen-bond acceptors (Lipinski definition) is 6. The predicted octanol–water partition coefficient (Wildman–Crippen LogP) is 7.80. The molecular weight excluding hydrogens is 468 g/mol. The Labute approximate surface area is 222 Å². The summed E-state index contributed by atoms with van der Waals surface area (Å²) < 4.78 is 16.4. The Bertz CT molecular complexity index is 1020. The first-order chi connectivity index (χ1) is 17.9. The molecule has 206 valence electrons. The third kappa shape index (κ3) is 10.4. The summed E-state index contributed by atoms with van der Waals surface area (Å²) in [7, 11) is 1.47. The second-order valence-electron chi connectivity index (χ2n) is 10.0. The molecule has 0 saturated carbocycles. The molecule has 0 aliphatic carbocycles. The van der Waals surface area contributed by atoms with Gasteiger partial charge >= 0.3 is 11.6 Å². The van der Waals surface area contributed by atoms with Crippen LogP contribution in [-0.4, -0.2) is 24.3 Å². The van der Waals surface area contributed by atoms with Crippen molar-refractivity contribution in [1.29, 1.82) is 0 Å². The first-order valence-electron chi connectivity index (χ1n) is 14.0. The number of unbranched alkanes of at least 4 members (excludes halogenated alkanes) is 12. The number of benzene rings is 1. The van der Waals surface area contributed by atoms with Crippen molar-refractivity contribution in [2.45, 2.75) is 116 Å². The number of hydrogen-bond donors (Lipinski definition) is 1. The topological polar surface area (TPSA) is 86.0 Å². The minimum Gasteiger partial charge on any atom is -0.496 e. The normalized spacial score (nSPS) is 12.9. The highest BCUT2D eigenvalue weighted by atomic mass is 16.6. The van der Waals surface area contributed by atoms with Gasteiger partial charge < -0.3 is 19.0 Å². The van der Waals surface area contributed by atoms with E-state index >= 15 is 0 Å². The zero-order chi connectivity index (χ0) is 27.0. The Morgan fingerprint density at radius 2 is 1.46 bits per heavy atom. The molecule has 6 nitrogen and oxygen atoms in total. The minimum atomic E-state index is -1.29. The van der Waals surface area contributed by atoms with Gasteiger partial charge in [0.2, 0.25) is 0 Å². The van der Waals surface area contributed by atoms with E-state index in [1.807, 2.05) is 0 Å². The number of fused-ring (bicyclic) bond motifs is 1. The zero-order valence-corrected chi connectivity index (χ0v) is 23.1. The number of methoxy groups -OCH3 is 1. The van der Waals surface area contributed by atoms with Crippen molar-refractivity contribution in [2.24, 2.45) is 0 Å². The zero-order valence-electron chi connectivity index (χ0n) is 23.1. The van der Waals surface area contributed by atoms with Gasteiger partial charge in [-0.05, 0) is 37.1 Å². The molecule has 2 rings (SSSR count). The maximum atomic E-state index is 12.6. The molecule has 0 aliphatic rings. The van der Waals surface area contributed by atoms with Crippen molar-refractivity contribution in [3.05, 3.63) is 52.4 Å².